The molecule has 0 radical (unpaired) electrons. The molecule has 0 heterocycles. The highest BCUT2D eigenvalue weighted by atomic mass is 16.3. The van der Waals surface area contributed by atoms with Crippen molar-refractivity contribution >= 4 is 5.91 Å². The smallest absolute Gasteiger partial charge is 0.255 e. The summed E-state index contributed by atoms with van der Waals surface area (Å²) in [4.78, 5) is 11.9. The minimum absolute atomic E-state index is 0.0253. The van der Waals surface area contributed by atoms with Gasteiger partial charge in [-0.25, -0.2) is 0 Å². The number of hydrogen-bond donors (Lipinski definition) is 3. The summed E-state index contributed by atoms with van der Waals surface area (Å²) in [7, 11) is 0. The molecule has 1 aromatic carbocycles. The average Bonchev–Trinajstić information content (AvgIpc) is 2.29. The van der Waals surface area contributed by atoms with Crippen LogP contribution < -0.4 is 5.32 Å². The molecule has 0 bridgehead atoms. The molecule has 2 rings (SSSR count). The molecule has 0 aromatic heterocycles. The molecule has 1 saturated carbocycles. The summed E-state index contributed by atoms with van der Waals surface area (Å²) in [6.45, 7) is 3.83. The molecular formula is C13H17NO3. The van der Waals surface area contributed by atoms with E-state index in [1.807, 2.05) is 13.8 Å². The van der Waals surface area contributed by atoms with Crippen LogP contribution in [0.4, 0.5) is 0 Å². The molecule has 1 fully saturated rings. The Balaban J connectivity index is 2.07. The topological polar surface area (TPSA) is 69.6 Å². The lowest BCUT2D eigenvalue weighted by Gasteiger charge is -2.49. The van der Waals surface area contributed by atoms with Crippen LogP contribution >= 0.6 is 0 Å². The Labute approximate surface area is 100 Å². The number of para-hydroxylation sites is 1. The number of phenolic OH excluding ortho intramolecular Hbond substituents is 1. The van der Waals surface area contributed by atoms with E-state index in [-0.39, 0.29) is 34.8 Å². The molecule has 1 aliphatic rings. The van der Waals surface area contributed by atoms with Gasteiger partial charge in [0.15, 0.2) is 0 Å². The van der Waals surface area contributed by atoms with E-state index in [0.717, 1.165) is 0 Å². The van der Waals surface area contributed by atoms with Crippen LogP contribution in [0.15, 0.2) is 24.3 Å². The fourth-order valence-electron chi connectivity index (χ4n) is 2.05. The van der Waals surface area contributed by atoms with Gasteiger partial charge in [-0.3, -0.25) is 4.79 Å². The molecule has 17 heavy (non-hydrogen) atoms. The predicted octanol–water partition coefficient (Wildman–Crippen LogP) is 1.28. The van der Waals surface area contributed by atoms with Crippen LogP contribution in [0.2, 0.25) is 0 Å². The summed E-state index contributed by atoms with van der Waals surface area (Å²) in [5, 5.41) is 22.0. The first-order valence-corrected chi connectivity index (χ1v) is 5.70. The standard InChI is InChI=1S/C13H17NO3/c1-13(2)10(7-11(13)16)14-12(17)8-5-3-4-6-9(8)15/h3-6,10-11,15-16H,7H2,1-2H3,(H,14,17). The van der Waals surface area contributed by atoms with Crippen LogP contribution in [-0.4, -0.2) is 28.3 Å². The lowest BCUT2D eigenvalue weighted by Crippen LogP contribution is -2.61. The van der Waals surface area contributed by atoms with Crippen LogP contribution in [0.1, 0.15) is 30.6 Å². The third-order valence-corrected chi connectivity index (χ3v) is 3.67. The summed E-state index contributed by atoms with van der Waals surface area (Å²) in [6.07, 6.45) is 0.184. The van der Waals surface area contributed by atoms with Gasteiger partial charge in [0.25, 0.3) is 5.91 Å². The van der Waals surface area contributed by atoms with Crippen molar-refractivity contribution < 1.29 is 15.0 Å². The van der Waals surface area contributed by atoms with Gasteiger partial charge in [-0.15, -0.1) is 0 Å². The van der Waals surface area contributed by atoms with E-state index in [4.69, 9.17) is 0 Å². The lowest BCUT2D eigenvalue weighted by atomic mass is 9.64. The summed E-state index contributed by atoms with van der Waals surface area (Å²) in [5.74, 6) is -0.323. The first kappa shape index (κ1) is 11.9. The van der Waals surface area contributed by atoms with Crippen LogP contribution in [0, 0.1) is 5.41 Å². The third kappa shape index (κ3) is 2.00. The molecular weight excluding hydrogens is 218 g/mol. The molecule has 4 heteroatoms. The molecule has 4 nitrogen and oxygen atoms in total. The van der Waals surface area contributed by atoms with Crippen molar-refractivity contribution in [1.82, 2.24) is 5.32 Å². The molecule has 0 aliphatic heterocycles. The van der Waals surface area contributed by atoms with E-state index in [0.29, 0.717) is 6.42 Å². The van der Waals surface area contributed by atoms with Gasteiger partial charge in [-0.1, -0.05) is 26.0 Å². The number of benzene rings is 1. The van der Waals surface area contributed by atoms with Crippen LogP contribution in [0.3, 0.4) is 0 Å². The van der Waals surface area contributed by atoms with Gasteiger partial charge in [0.05, 0.1) is 11.7 Å². The molecule has 1 amide bonds. The zero-order valence-electron chi connectivity index (χ0n) is 9.97. The maximum atomic E-state index is 11.9. The van der Waals surface area contributed by atoms with E-state index < -0.39 is 0 Å². The number of aromatic hydroxyl groups is 1. The molecule has 2 atom stereocenters. The van der Waals surface area contributed by atoms with E-state index in [1.54, 1.807) is 18.2 Å². The first-order chi connectivity index (χ1) is 7.93. The normalized spacial score (nSPS) is 26.1. The van der Waals surface area contributed by atoms with Crippen molar-refractivity contribution in [1.29, 1.82) is 0 Å². The molecule has 1 aliphatic carbocycles. The monoisotopic (exact) mass is 235 g/mol. The van der Waals surface area contributed by atoms with Gasteiger partial charge >= 0.3 is 0 Å². The van der Waals surface area contributed by atoms with Crippen molar-refractivity contribution in [2.24, 2.45) is 5.41 Å². The maximum Gasteiger partial charge on any atom is 0.255 e. The summed E-state index contributed by atoms with van der Waals surface area (Å²) >= 11 is 0. The molecule has 0 saturated heterocycles. The predicted molar refractivity (Wildman–Crippen MR) is 63.8 cm³/mol. The molecule has 2 unspecified atom stereocenters. The van der Waals surface area contributed by atoms with E-state index in [9.17, 15) is 15.0 Å². The quantitative estimate of drug-likeness (QED) is 0.723. The van der Waals surface area contributed by atoms with Crippen molar-refractivity contribution in [2.45, 2.75) is 32.4 Å². The second-order valence-electron chi connectivity index (χ2n) is 5.12. The van der Waals surface area contributed by atoms with Gasteiger partial charge in [-0.05, 0) is 18.6 Å². The number of hydrogen-bond acceptors (Lipinski definition) is 3. The lowest BCUT2D eigenvalue weighted by molar-refractivity contribution is -0.0689. The second-order valence-corrected chi connectivity index (χ2v) is 5.12. The average molecular weight is 235 g/mol. The van der Waals surface area contributed by atoms with Gasteiger partial charge in [0, 0.05) is 11.5 Å². The minimum Gasteiger partial charge on any atom is -0.507 e. The highest BCUT2D eigenvalue weighted by Crippen LogP contribution is 2.40. The highest BCUT2D eigenvalue weighted by Gasteiger charge is 2.48. The summed E-state index contributed by atoms with van der Waals surface area (Å²) in [5.41, 5.74) is -0.0373. The second kappa shape index (κ2) is 4.04. The SMILES string of the molecule is CC1(C)C(O)CC1NC(=O)c1ccccc1O. The fourth-order valence-corrected chi connectivity index (χ4v) is 2.05. The Morgan fingerprint density at radius 2 is 2.06 bits per heavy atom. The zero-order valence-corrected chi connectivity index (χ0v) is 9.97. The van der Waals surface area contributed by atoms with Gasteiger partial charge in [0.2, 0.25) is 0 Å². The van der Waals surface area contributed by atoms with Gasteiger partial charge in [-0.2, -0.15) is 0 Å². The highest BCUT2D eigenvalue weighted by molar-refractivity contribution is 5.97. The zero-order chi connectivity index (χ0) is 12.6. The van der Waals surface area contributed by atoms with Crippen molar-refractivity contribution in [3.8, 4) is 5.75 Å². The number of aliphatic hydroxyl groups excluding tert-OH is 1. The number of carbonyl (C=O) groups is 1. The van der Waals surface area contributed by atoms with E-state index >= 15 is 0 Å². The number of carbonyl (C=O) groups excluding carboxylic acids is 1. The Kier molecular flexibility index (Phi) is 2.83. The van der Waals surface area contributed by atoms with Crippen molar-refractivity contribution in [2.75, 3.05) is 0 Å². The van der Waals surface area contributed by atoms with Gasteiger partial charge < -0.3 is 15.5 Å². The van der Waals surface area contributed by atoms with Crippen LogP contribution in [0.25, 0.3) is 0 Å². The van der Waals surface area contributed by atoms with Crippen molar-refractivity contribution in [3.05, 3.63) is 29.8 Å². The van der Waals surface area contributed by atoms with E-state index in [1.165, 1.54) is 6.07 Å². The van der Waals surface area contributed by atoms with Gasteiger partial charge in [0.1, 0.15) is 5.75 Å². The van der Waals surface area contributed by atoms with Crippen LogP contribution in [-0.2, 0) is 0 Å². The maximum absolute atomic E-state index is 11.9. The Hall–Kier alpha value is -1.55. The summed E-state index contributed by atoms with van der Waals surface area (Å²) in [6, 6.07) is 6.38. The Morgan fingerprint density at radius 3 is 2.59 bits per heavy atom. The molecule has 0 spiro atoms. The Bertz CT molecular complexity index is 442. The fraction of sp³-hybridized carbons (Fsp3) is 0.462. The number of rotatable bonds is 2. The molecule has 1 aromatic rings. The third-order valence-electron chi connectivity index (χ3n) is 3.67. The van der Waals surface area contributed by atoms with Crippen molar-refractivity contribution in [3.63, 3.8) is 0 Å². The first-order valence-electron chi connectivity index (χ1n) is 5.70. The largest absolute Gasteiger partial charge is 0.507 e. The minimum atomic E-state index is -0.378. The number of phenols is 1. The van der Waals surface area contributed by atoms with Crippen LogP contribution in [0.5, 0.6) is 5.75 Å². The number of amides is 1. The number of aliphatic hydroxyl groups is 1. The number of nitrogens with one attached hydrogen (secondary N) is 1. The molecule has 92 valence electrons. The summed E-state index contributed by atoms with van der Waals surface area (Å²) < 4.78 is 0. The Morgan fingerprint density at radius 1 is 1.41 bits per heavy atom. The molecule has 3 N–H and O–H groups in total. The van der Waals surface area contributed by atoms with E-state index in [2.05, 4.69) is 5.32 Å².